The van der Waals surface area contributed by atoms with Crippen molar-refractivity contribution in [3.05, 3.63) is 46.6 Å². The summed E-state index contributed by atoms with van der Waals surface area (Å²) in [5.74, 6) is 0.932. The van der Waals surface area contributed by atoms with Crippen LogP contribution in [0.3, 0.4) is 0 Å². The number of nitrogens with zero attached hydrogens (tertiary/aromatic N) is 3. The quantitative estimate of drug-likeness (QED) is 0.794. The summed E-state index contributed by atoms with van der Waals surface area (Å²) in [5, 5.41) is 0.400. The maximum Gasteiger partial charge on any atom is 0.146 e. The van der Waals surface area contributed by atoms with E-state index in [1.54, 1.807) is 30.0 Å². The lowest BCUT2D eigenvalue weighted by Crippen LogP contribution is -2.20. The van der Waals surface area contributed by atoms with Gasteiger partial charge < -0.3 is 4.90 Å². The third-order valence-electron chi connectivity index (χ3n) is 2.89. The van der Waals surface area contributed by atoms with Gasteiger partial charge in [-0.2, -0.15) is 0 Å². The minimum atomic E-state index is -0.281. The number of hydrogen-bond acceptors (Lipinski definition) is 3. The van der Waals surface area contributed by atoms with Crippen molar-refractivity contribution in [3.63, 3.8) is 0 Å². The summed E-state index contributed by atoms with van der Waals surface area (Å²) < 4.78 is 13.9. The number of rotatable bonds is 3. The van der Waals surface area contributed by atoms with Crippen LogP contribution in [0.5, 0.6) is 0 Å². The van der Waals surface area contributed by atoms with E-state index in [4.69, 9.17) is 11.6 Å². The topological polar surface area (TPSA) is 29.0 Å². The lowest BCUT2D eigenvalue weighted by molar-refractivity contribution is 0.625. The van der Waals surface area contributed by atoms with E-state index in [-0.39, 0.29) is 5.82 Å². The van der Waals surface area contributed by atoms with Gasteiger partial charge in [-0.3, -0.25) is 0 Å². The average molecular weight is 280 g/mol. The molecular weight excluding hydrogens is 265 g/mol. The van der Waals surface area contributed by atoms with Crippen molar-refractivity contribution in [3.8, 4) is 0 Å². The van der Waals surface area contributed by atoms with Gasteiger partial charge in [0.1, 0.15) is 22.6 Å². The molecule has 0 unspecified atom stereocenters. The van der Waals surface area contributed by atoms with Gasteiger partial charge in [-0.25, -0.2) is 14.4 Å². The Labute approximate surface area is 117 Å². The number of para-hydroxylation sites is 1. The van der Waals surface area contributed by atoms with Crippen molar-refractivity contribution in [2.45, 2.75) is 20.8 Å². The predicted octanol–water partition coefficient (Wildman–Crippen LogP) is 4.04. The molecule has 0 aliphatic carbocycles. The SMILES string of the molecule is CCN(c1ccccc1F)c1nc(C)nc(Cl)c1C. The summed E-state index contributed by atoms with van der Waals surface area (Å²) >= 11 is 6.08. The molecule has 5 heteroatoms. The Morgan fingerprint density at radius 1 is 1.21 bits per heavy atom. The fourth-order valence-electron chi connectivity index (χ4n) is 1.95. The molecule has 0 aliphatic rings. The summed E-state index contributed by atoms with van der Waals surface area (Å²) in [5.41, 5.74) is 1.24. The Morgan fingerprint density at radius 3 is 2.53 bits per heavy atom. The second kappa shape index (κ2) is 5.53. The number of aryl methyl sites for hydroxylation is 1. The second-order valence-electron chi connectivity index (χ2n) is 4.21. The number of benzene rings is 1. The van der Waals surface area contributed by atoms with E-state index in [1.165, 1.54) is 6.07 Å². The highest BCUT2D eigenvalue weighted by Gasteiger charge is 2.17. The van der Waals surface area contributed by atoms with Crippen LogP contribution in [0.25, 0.3) is 0 Å². The van der Waals surface area contributed by atoms with Crippen molar-refractivity contribution in [1.29, 1.82) is 0 Å². The molecule has 0 N–H and O–H groups in total. The van der Waals surface area contributed by atoms with Crippen LogP contribution in [0.2, 0.25) is 5.15 Å². The standard InChI is InChI=1S/C14H15ClFN3/c1-4-19(12-8-6-5-7-11(12)16)14-9(2)13(15)17-10(3)18-14/h5-8H,4H2,1-3H3. The van der Waals surface area contributed by atoms with Crippen LogP contribution in [0.15, 0.2) is 24.3 Å². The number of hydrogen-bond donors (Lipinski definition) is 0. The molecule has 0 fully saturated rings. The maximum absolute atomic E-state index is 13.9. The molecule has 0 radical (unpaired) electrons. The van der Waals surface area contributed by atoms with Gasteiger partial charge in [-0.1, -0.05) is 23.7 Å². The van der Waals surface area contributed by atoms with Crippen LogP contribution in [-0.4, -0.2) is 16.5 Å². The minimum Gasteiger partial charge on any atom is -0.324 e. The molecule has 2 rings (SSSR count). The molecule has 1 aromatic heterocycles. The molecule has 100 valence electrons. The molecule has 0 amide bonds. The van der Waals surface area contributed by atoms with Gasteiger partial charge >= 0.3 is 0 Å². The van der Waals surface area contributed by atoms with E-state index >= 15 is 0 Å². The molecule has 0 bridgehead atoms. The largest absolute Gasteiger partial charge is 0.324 e. The monoisotopic (exact) mass is 279 g/mol. The number of halogens is 2. The van der Waals surface area contributed by atoms with Gasteiger partial charge in [0.2, 0.25) is 0 Å². The summed E-state index contributed by atoms with van der Waals surface area (Å²) in [7, 11) is 0. The molecule has 0 aliphatic heterocycles. The van der Waals surface area contributed by atoms with Crippen LogP contribution >= 0.6 is 11.6 Å². The van der Waals surface area contributed by atoms with Gasteiger partial charge in [0.05, 0.1) is 5.69 Å². The molecule has 1 aromatic carbocycles. The third-order valence-corrected chi connectivity index (χ3v) is 3.26. The Morgan fingerprint density at radius 2 is 1.89 bits per heavy atom. The molecule has 3 nitrogen and oxygen atoms in total. The molecular formula is C14H15ClFN3. The second-order valence-corrected chi connectivity index (χ2v) is 4.56. The first kappa shape index (κ1) is 13.7. The normalized spacial score (nSPS) is 10.6. The van der Waals surface area contributed by atoms with Gasteiger partial charge in [0.25, 0.3) is 0 Å². The first-order valence-corrected chi connectivity index (χ1v) is 6.45. The first-order valence-electron chi connectivity index (χ1n) is 6.07. The maximum atomic E-state index is 13.9. The number of aromatic nitrogens is 2. The van der Waals surface area contributed by atoms with Gasteiger partial charge in [-0.05, 0) is 32.9 Å². The van der Waals surface area contributed by atoms with Crippen molar-refractivity contribution < 1.29 is 4.39 Å². The highest BCUT2D eigenvalue weighted by molar-refractivity contribution is 6.30. The van der Waals surface area contributed by atoms with E-state index in [2.05, 4.69) is 9.97 Å². The molecule has 0 spiro atoms. The van der Waals surface area contributed by atoms with Gasteiger partial charge in [-0.15, -0.1) is 0 Å². The Hall–Kier alpha value is -1.68. The molecule has 1 heterocycles. The molecule has 0 saturated heterocycles. The van der Waals surface area contributed by atoms with Gasteiger partial charge in [0, 0.05) is 12.1 Å². The Kier molecular flexibility index (Phi) is 4.00. The summed E-state index contributed by atoms with van der Waals surface area (Å²) in [6.45, 7) is 6.14. The Balaban J connectivity index is 2.58. The van der Waals surface area contributed by atoms with Crippen LogP contribution < -0.4 is 4.90 Å². The van der Waals surface area contributed by atoms with E-state index in [0.717, 1.165) is 5.56 Å². The predicted molar refractivity (Wildman–Crippen MR) is 75.6 cm³/mol. The van der Waals surface area contributed by atoms with Gasteiger partial charge in [0.15, 0.2) is 0 Å². The molecule has 19 heavy (non-hydrogen) atoms. The van der Waals surface area contributed by atoms with Crippen LogP contribution in [-0.2, 0) is 0 Å². The summed E-state index contributed by atoms with van der Waals surface area (Å²) in [6.07, 6.45) is 0. The van der Waals surface area contributed by atoms with Crippen molar-refractivity contribution in [2.75, 3.05) is 11.4 Å². The summed E-state index contributed by atoms with van der Waals surface area (Å²) in [6, 6.07) is 6.62. The third kappa shape index (κ3) is 2.68. The lowest BCUT2D eigenvalue weighted by atomic mass is 10.2. The molecule has 0 atom stereocenters. The number of anilines is 2. The lowest BCUT2D eigenvalue weighted by Gasteiger charge is -2.24. The fraction of sp³-hybridized carbons (Fsp3) is 0.286. The zero-order valence-corrected chi connectivity index (χ0v) is 11.9. The van der Waals surface area contributed by atoms with E-state index in [0.29, 0.717) is 29.0 Å². The van der Waals surface area contributed by atoms with E-state index in [9.17, 15) is 4.39 Å². The zero-order chi connectivity index (χ0) is 14.0. The molecule has 2 aromatic rings. The van der Waals surface area contributed by atoms with E-state index in [1.807, 2.05) is 13.8 Å². The van der Waals surface area contributed by atoms with Crippen LogP contribution in [0, 0.1) is 19.7 Å². The van der Waals surface area contributed by atoms with Crippen LogP contribution in [0.4, 0.5) is 15.9 Å². The zero-order valence-electron chi connectivity index (χ0n) is 11.1. The average Bonchev–Trinajstić information content (AvgIpc) is 2.38. The first-order chi connectivity index (χ1) is 9.04. The Bertz CT molecular complexity index is 601. The summed E-state index contributed by atoms with van der Waals surface area (Å²) in [4.78, 5) is 10.3. The smallest absolute Gasteiger partial charge is 0.146 e. The van der Waals surface area contributed by atoms with Crippen molar-refractivity contribution in [2.24, 2.45) is 0 Å². The fourth-order valence-corrected chi connectivity index (χ4v) is 2.15. The minimum absolute atomic E-state index is 0.281. The van der Waals surface area contributed by atoms with Crippen LogP contribution in [0.1, 0.15) is 18.3 Å². The van der Waals surface area contributed by atoms with Crippen molar-refractivity contribution in [1.82, 2.24) is 9.97 Å². The highest BCUT2D eigenvalue weighted by atomic mass is 35.5. The highest BCUT2D eigenvalue weighted by Crippen LogP contribution is 2.30. The van der Waals surface area contributed by atoms with E-state index < -0.39 is 0 Å². The molecule has 0 saturated carbocycles. The van der Waals surface area contributed by atoms with Crippen molar-refractivity contribution >= 4 is 23.1 Å².